The van der Waals surface area contributed by atoms with E-state index in [4.69, 9.17) is 11.6 Å². The molecule has 7 heteroatoms. The Morgan fingerprint density at radius 1 is 1.38 bits per heavy atom. The van der Waals surface area contributed by atoms with Gasteiger partial charge in [0.2, 0.25) is 10.0 Å². The number of hydrogen-bond acceptors (Lipinski definition) is 3. The van der Waals surface area contributed by atoms with Crippen LogP contribution in [0.5, 0.6) is 0 Å². The molecule has 0 fully saturated rings. The summed E-state index contributed by atoms with van der Waals surface area (Å²) in [6.07, 6.45) is 0. The van der Waals surface area contributed by atoms with Gasteiger partial charge in [0.05, 0.1) is 9.92 Å². The number of nitrogens with one attached hydrogen (secondary N) is 2. The monoisotopic (exact) mass is 266 g/mol. The third-order valence-electron chi connectivity index (χ3n) is 1.87. The normalized spacial score (nSPS) is 11.7. The summed E-state index contributed by atoms with van der Waals surface area (Å²) in [5.74, 6) is -0.643. The Bertz CT molecular complexity index is 465. The molecule has 0 aliphatic rings. The number of halogens is 2. The second-order valence-corrected chi connectivity index (χ2v) is 5.25. The largest absolute Gasteiger partial charge is 0.318 e. The molecule has 0 heterocycles. The van der Waals surface area contributed by atoms with Gasteiger partial charge in [0.25, 0.3) is 0 Å². The number of likely N-dealkylation sites (N-methyl/N-ethyl adjacent to an activating group) is 1. The van der Waals surface area contributed by atoms with Gasteiger partial charge in [-0.25, -0.2) is 17.5 Å². The zero-order valence-electron chi connectivity index (χ0n) is 8.63. The lowest BCUT2D eigenvalue weighted by Crippen LogP contribution is -2.30. The van der Waals surface area contributed by atoms with Gasteiger partial charge in [-0.15, -0.1) is 0 Å². The van der Waals surface area contributed by atoms with Crippen LogP contribution in [-0.2, 0) is 10.0 Å². The van der Waals surface area contributed by atoms with E-state index in [1.807, 2.05) is 0 Å². The minimum atomic E-state index is -3.61. The Morgan fingerprint density at radius 3 is 2.62 bits per heavy atom. The molecular weight excluding hydrogens is 255 g/mol. The number of benzene rings is 1. The number of rotatable bonds is 5. The molecule has 90 valence electrons. The van der Waals surface area contributed by atoms with Gasteiger partial charge >= 0.3 is 0 Å². The van der Waals surface area contributed by atoms with Crippen LogP contribution < -0.4 is 10.0 Å². The topological polar surface area (TPSA) is 58.2 Å². The van der Waals surface area contributed by atoms with Crippen molar-refractivity contribution in [2.24, 2.45) is 0 Å². The maximum absolute atomic E-state index is 12.8. The fraction of sp³-hybridized carbons (Fsp3) is 0.333. The van der Waals surface area contributed by atoms with Crippen molar-refractivity contribution in [1.29, 1.82) is 0 Å². The molecule has 16 heavy (non-hydrogen) atoms. The van der Waals surface area contributed by atoms with Crippen molar-refractivity contribution in [1.82, 2.24) is 10.0 Å². The Morgan fingerprint density at radius 2 is 2.06 bits per heavy atom. The maximum atomic E-state index is 12.8. The molecule has 1 rings (SSSR count). The van der Waals surface area contributed by atoms with Crippen LogP contribution >= 0.6 is 11.6 Å². The van der Waals surface area contributed by atoms with Crippen molar-refractivity contribution >= 4 is 21.6 Å². The van der Waals surface area contributed by atoms with E-state index >= 15 is 0 Å². The number of sulfonamides is 1. The van der Waals surface area contributed by atoms with Crippen molar-refractivity contribution < 1.29 is 12.8 Å². The van der Waals surface area contributed by atoms with Crippen LogP contribution in [0.1, 0.15) is 0 Å². The summed E-state index contributed by atoms with van der Waals surface area (Å²) >= 11 is 5.50. The molecule has 1 aromatic rings. The highest BCUT2D eigenvalue weighted by Gasteiger charge is 2.14. The van der Waals surface area contributed by atoms with Gasteiger partial charge in [0.15, 0.2) is 0 Å². The average molecular weight is 267 g/mol. The molecular formula is C9H12ClFN2O2S. The first-order valence-electron chi connectivity index (χ1n) is 4.56. The molecule has 0 aliphatic carbocycles. The highest BCUT2D eigenvalue weighted by Crippen LogP contribution is 2.18. The molecule has 0 aromatic heterocycles. The van der Waals surface area contributed by atoms with Crippen molar-refractivity contribution in [2.45, 2.75) is 4.90 Å². The first-order valence-corrected chi connectivity index (χ1v) is 6.43. The van der Waals surface area contributed by atoms with Crippen molar-refractivity contribution in [2.75, 3.05) is 20.1 Å². The van der Waals surface area contributed by atoms with Gasteiger partial charge < -0.3 is 5.32 Å². The summed E-state index contributed by atoms with van der Waals surface area (Å²) in [6.45, 7) is 0.766. The first-order chi connectivity index (χ1) is 7.47. The van der Waals surface area contributed by atoms with Crippen LogP contribution in [0.4, 0.5) is 4.39 Å². The summed E-state index contributed by atoms with van der Waals surface area (Å²) in [6, 6.07) is 3.27. The van der Waals surface area contributed by atoms with Crippen LogP contribution in [0.15, 0.2) is 23.1 Å². The Labute approximate surface area is 98.9 Å². The van der Waals surface area contributed by atoms with E-state index in [1.165, 1.54) is 6.07 Å². The fourth-order valence-electron chi connectivity index (χ4n) is 1.04. The Hall–Kier alpha value is -0.690. The van der Waals surface area contributed by atoms with Crippen LogP contribution in [0, 0.1) is 5.82 Å². The van der Waals surface area contributed by atoms with Crippen molar-refractivity contribution in [3.8, 4) is 0 Å². The zero-order chi connectivity index (χ0) is 12.2. The van der Waals surface area contributed by atoms with Crippen molar-refractivity contribution in [3.63, 3.8) is 0 Å². The van der Waals surface area contributed by atoms with E-state index in [-0.39, 0.29) is 16.5 Å². The van der Waals surface area contributed by atoms with Gasteiger partial charge in [0, 0.05) is 13.1 Å². The smallest absolute Gasteiger partial charge is 0.240 e. The Balaban J connectivity index is 2.86. The molecule has 0 saturated carbocycles. The molecule has 0 spiro atoms. The predicted octanol–water partition coefficient (Wildman–Crippen LogP) is 0.977. The van der Waals surface area contributed by atoms with E-state index < -0.39 is 15.8 Å². The van der Waals surface area contributed by atoms with E-state index in [2.05, 4.69) is 10.0 Å². The third kappa shape index (κ3) is 3.41. The summed E-state index contributed by atoms with van der Waals surface area (Å²) in [7, 11) is -1.90. The van der Waals surface area contributed by atoms with Crippen LogP contribution in [0.25, 0.3) is 0 Å². The summed E-state index contributed by atoms with van der Waals surface area (Å²) < 4.78 is 38.5. The molecule has 0 bridgehead atoms. The summed E-state index contributed by atoms with van der Waals surface area (Å²) in [4.78, 5) is -0.0463. The number of hydrogen-bond donors (Lipinski definition) is 2. The van der Waals surface area contributed by atoms with E-state index in [1.54, 1.807) is 7.05 Å². The zero-order valence-corrected chi connectivity index (χ0v) is 10.2. The fourth-order valence-corrected chi connectivity index (χ4v) is 2.34. The third-order valence-corrected chi connectivity index (χ3v) is 3.62. The minimum absolute atomic E-state index is 0.0463. The SMILES string of the molecule is CNCCNS(=O)(=O)c1ccc(F)c(Cl)c1. The van der Waals surface area contributed by atoms with Gasteiger partial charge in [-0.2, -0.15) is 0 Å². The van der Waals surface area contributed by atoms with Gasteiger partial charge in [-0.3, -0.25) is 0 Å². The second-order valence-electron chi connectivity index (χ2n) is 3.08. The lowest BCUT2D eigenvalue weighted by molar-refractivity contribution is 0.578. The predicted molar refractivity (Wildman–Crippen MR) is 60.5 cm³/mol. The van der Waals surface area contributed by atoms with Gasteiger partial charge in [-0.05, 0) is 25.2 Å². The van der Waals surface area contributed by atoms with Crippen LogP contribution in [0.3, 0.4) is 0 Å². The van der Waals surface area contributed by atoms with Gasteiger partial charge in [0.1, 0.15) is 5.82 Å². The lowest BCUT2D eigenvalue weighted by atomic mass is 10.3. The van der Waals surface area contributed by atoms with Crippen molar-refractivity contribution in [3.05, 3.63) is 29.0 Å². The molecule has 0 radical (unpaired) electrons. The molecule has 4 nitrogen and oxygen atoms in total. The highest BCUT2D eigenvalue weighted by atomic mass is 35.5. The summed E-state index contributed by atoms with van der Waals surface area (Å²) in [5.41, 5.74) is 0. The molecule has 0 saturated heterocycles. The van der Waals surface area contributed by atoms with E-state index in [0.29, 0.717) is 6.54 Å². The first kappa shape index (κ1) is 13.4. The lowest BCUT2D eigenvalue weighted by Gasteiger charge is -2.06. The molecule has 0 atom stereocenters. The molecule has 0 unspecified atom stereocenters. The highest BCUT2D eigenvalue weighted by molar-refractivity contribution is 7.89. The molecule has 0 amide bonds. The summed E-state index contributed by atoms with van der Waals surface area (Å²) in [5, 5.41) is 2.59. The van der Waals surface area contributed by atoms with E-state index in [9.17, 15) is 12.8 Å². The molecule has 1 aromatic carbocycles. The minimum Gasteiger partial charge on any atom is -0.318 e. The second kappa shape index (κ2) is 5.58. The molecule has 2 N–H and O–H groups in total. The van der Waals surface area contributed by atoms with E-state index in [0.717, 1.165) is 12.1 Å². The maximum Gasteiger partial charge on any atom is 0.240 e. The standard InChI is InChI=1S/C9H12ClFN2O2S/c1-12-4-5-13-16(14,15)7-2-3-9(11)8(10)6-7/h2-3,6,12-13H,4-5H2,1H3. The average Bonchev–Trinajstić information content (AvgIpc) is 2.22. The molecule has 0 aliphatic heterocycles. The van der Waals surface area contributed by atoms with Crippen LogP contribution in [-0.4, -0.2) is 28.6 Å². The quantitative estimate of drug-likeness (QED) is 0.781. The Kier molecular flexibility index (Phi) is 4.67. The van der Waals surface area contributed by atoms with Gasteiger partial charge in [-0.1, -0.05) is 11.6 Å². The van der Waals surface area contributed by atoms with Crippen LogP contribution in [0.2, 0.25) is 5.02 Å².